The van der Waals surface area contributed by atoms with Crippen LogP contribution in [0.5, 0.6) is 0 Å². The van der Waals surface area contributed by atoms with E-state index in [2.05, 4.69) is 99.3 Å². The molecule has 0 bridgehead atoms. The van der Waals surface area contributed by atoms with Crippen LogP contribution in [0.15, 0.2) is 90.5 Å². The van der Waals surface area contributed by atoms with E-state index in [4.69, 9.17) is 4.99 Å². The molecule has 0 spiro atoms. The number of hydrogen-bond acceptors (Lipinski definition) is 1. The molecule has 0 N–H and O–H groups in total. The largest absolute Gasteiger partial charge is 0.253 e. The van der Waals surface area contributed by atoms with E-state index in [1.165, 1.54) is 16.7 Å². The number of nitrogens with zero attached hydrogens (tertiary/aromatic N) is 1. The summed E-state index contributed by atoms with van der Waals surface area (Å²) < 4.78 is 0. The standard InChI is InChI=1S/C27H29N/c1-4-5-7-12-23-13-10-16-25(19-23)21(2)28-22(3)26-17-11-18-27(20-26)24-14-8-6-9-15-24/h5,7-8,10-11,13-20H,2,4,6,9,12H2,1,3H3/b7-5-,28-22?. The highest BCUT2D eigenvalue weighted by Crippen LogP contribution is 2.23. The van der Waals surface area contributed by atoms with Gasteiger partial charge < -0.3 is 0 Å². The molecule has 0 aromatic heterocycles. The predicted molar refractivity (Wildman–Crippen MR) is 124 cm³/mol. The van der Waals surface area contributed by atoms with Crippen LogP contribution in [0.1, 0.15) is 55.4 Å². The second-order valence-electron chi connectivity index (χ2n) is 7.15. The Bertz CT molecular complexity index is 954. The molecule has 0 amide bonds. The van der Waals surface area contributed by atoms with Crippen LogP contribution in [0.3, 0.4) is 0 Å². The van der Waals surface area contributed by atoms with Gasteiger partial charge in [-0.15, -0.1) is 0 Å². The fourth-order valence-electron chi connectivity index (χ4n) is 3.35. The molecule has 0 fully saturated rings. The van der Waals surface area contributed by atoms with Gasteiger partial charge in [-0.1, -0.05) is 80.3 Å². The van der Waals surface area contributed by atoms with Crippen LogP contribution >= 0.6 is 0 Å². The third-order valence-electron chi connectivity index (χ3n) is 4.93. The zero-order chi connectivity index (χ0) is 19.8. The van der Waals surface area contributed by atoms with Gasteiger partial charge in [0.15, 0.2) is 0 Å². The number of benzene rings is 2. The Labute approximate surface area is 169 Å². The summed E-state index contributed by atoms with van der Waals surface area (Å²) in [5.41, 5.74) is 7.85. The van der Waals surface area contributed by atoms with E-state index >= 15 is 0 Å². The molecule has 0 unspecified atom stereocenters. The van der Waals surface area contributed by atoms with Crippen molar-refractivity contribution in [1.29, 1.82) is 0 Å². The van der Waals surface area contributed by atoms with Crippen LogP contribution in [0.4, 0.5) is 0 Å². The van der Waals surface area contributed by atoms with E-state index in [1.54, 1.807) is 0 Å². The topological polar surface area (TPSA) is 12.4 Å². The molecular weight excluding hydrogens is 338 g/mol. The minimum Gasteiger partial charge on any atom is -0.253 e. The van der Waals surface area contributed by atoms with Crippen LogP contribution in [0.2, 0.25) is 0 Å². The van der Waals surface area contributed by atoms with Crippen molar-refractivity contribution in [3.8, 4) is 0 Å². The van der Waals surface area contributed by atoms with Gasteiger partial charge in [0.2, 0.25) is 0 Å². The summed E-state index contributed by atoms with van der Waals surface area (Å²) in [7, 11) is 0. The van der Waals surface area contributed by atoms with Crippen LogP contribution < -0.4 is 0 Å². The van der Waals surface area contributed by atoms with E-state index in [1.807, 2.05) is 0 Å². The molecule has 2 aromatic rings. The number of aliphatic imine (C=N–C) groups is 1. The first-order valence-corrected chi connectivity index (χ1v) is 10.1. The van der Waals surface area contributed by atoms with E-state index in [-0.39, 0.29) is 0 Å². The van der Waals surface area contributed by atoms with Crippen molar-refractivity contribution >= 4 is 17.0 Å². The Morgan fingerprint density at radius 2 is 1.86 bits per heavy atom. The summed E-state index contributed by atoms with van der Waals surface area (Å²) in [5.74, 6) is 0. The molecule has 28 heavy (non-hydrogen) atoms. The maximum atomic E-state index is 4.81. The molecule has 0 aliphatic heterocycles. The Morgan fingerprint density at radius 1 is 1.04 bits per heavy atom. The van der Waals surface area contributed by atoms with Gasteiger partial charge in [0, 0.05) is 5.71 Å². The van der Waals surface area contributed by atoms with Gasteiger partial charge >= 0.3 is 0 Å². The Kier molecular flexibility index (Phi) is 6.97. The van der Waals surface area contributed by atoms with Crippen molar-refractivity contribution in [2.24, 2.45) is 4.99 Å². The van der Waals surface area contributed by atoms with Crippen molar-refractivity contribution in [2.75, 3.05) is 0 Å². The lowest BCUT2D eigenvalue weighted by atomic mass is 9.97. The molecule has 1 aliphatic carbocycles. The van der Waals surface area contributed by atoms with E-state index in [9.17, 15) is 0 Å². The Morgan fingerprint density at radius 3 is 2.64 bits per heavy atom. The first-order chi connectivity index (χ1) is 13.7. The quantitative estimate of drug-likeness (QED) is 0.357. The fourth-order valence-corrected chi connectivity index (χ4v) is 3.35. The first kappa shape index (κ1) is 19.8. The highest BCUT2D eigenvalue weighted by molar-refractivity contribution is 6.02. The molecular formula is C27H29N. The van der Waals surface area contributed by atoms with Gasteiger partial charge in [-0.3, -0.25) is 4.99 Å². The van der Waals surface area contributed by atoms with Gasteiger partial charge in [-0.25, -0.2) is 0 Å². The fraction of sp³-hybridized carbons (Fsp3) is 0.222. The molecule has 0 atom stereocenters. The van der Waals surface area contributed by atoms with E-state index in [0.717, 1.165) is 48.2 Å². The SMILES string of the molecule is C=C(N=C(C)c1cccc(C2=CCCC=C2)c1)c1cccc(C/C=C\CC)c1. The van der Waals surface area contributed by atoms with Gasteiger partial charge in [0.05, 0.1) is 5.70 Å². The van der Waals surface area contributed by atoms with Gasteiger partial charge in [-0.2, -0.15) is 0 Å². The minimum absolute atomic E-state index is 0.806. The maximum absolute atomic E-state index is 4.81. The Hall–Kier alpha value is -2.93. The molecule has 3 rings (SSSR count). The third-order valence-corrected chi connectivity index (χ3v) is 4.93. The molecule has 1 heteroatoms. The zero-order valence-electron chi connectivity index (χ0n) is 17.0. The smallest absolute Gasteiger partial charge is 0.0633 e. The molecule has 0 saturated carbocycles. The molecule has 0 saturated heterocycles. The molecule has 0 radical (unpaired) electrons. The molecule has 2 aromatic carbocycles. The van der Waals surface area contributed by atoms with E-state index in [0.29, 0.717) is 0 Å². The first-order valence-electron chi connectivity index (χ1n) is 10.1. The molecule has 1 nitrogen and oxygen atoms in total. The molecule has 1 aliphatic rings. The van der Waals surface area contributed by atoms with Crippen molar-refractivity contribution in [3.63, 3.8) is 0 Å². The van der Waals surface area contributed by atoms with Crippen molar-refractivity contribution in [1.82, 2.24) is 0 Å². The summed E-state index contributed by atoms with van der Waals surface area (Å²) in [6, 6.07) is 17.1. The summed E-state index contributed by atoms with van der Waals surface area (Å²) >= 11 is 0. The summed E-state index contributed by atoms with van der Waals surface area (Å²) in [6.45, 7) is 8.43. The van der Waals surface area contributed by atoms with E-state index < -0.39 is 0 Å². The van der Waals surface area contributed by atoms with Crippen LogP contribution in [0, 0.1) is 0 Å². The highest BCUT2D eigenvalue weighted by atomic mass is 14.7. The van der Waals surface area contributed by atoms with Crippen LogP contribution in [-0.2, 0) is 6.42 Å². The third kappa shape index (κ3) is 5.29. The number of hydrogen-bond donors (Lipinski definition) is 0. The summed E-state index contributed by atoms with van der Waals surface area (Å²) in [5, 5.41) is 0. The van der Waals surface area contributed by atoms with Crippen molar-refractivity contribution in [3.05, 3.63) is 108 Å². The summed E-state index contributed by atoms with van der Waals surface area (Å²) in [4.78, 5) is 4.81. The highest BCUT2D eigenvalue weighted by Gasteiger charge is 2.06. The van der Waals surface area contributed by atoms with Crippen molar-refractivity contribution < 1.29 is 0 Å². The monoisotopic (exact) mass is 367 g/mol. The predicted octanol–water partition coefficient (Wildman–Crippen LogP) is 7.41. The average Bonchev–Trinajstić information content (AvgIpc) is 2.75. The molecule has 0 heterocycles. The lowest BCUT2D eigenvalue weighted by Crippen LogP contribution is -1.97. The normalized spacial score (nSPS) is 14.4. The van der Waals surface area contributed by atoms with Crippen molar-refractivity contribution in [2.45, 2.75) is 39.5 Å². The summed E-state index contributed by atoms with van der Waals surface area (Å²) in [6.07, 6.45) is 15.5. The minimum atomic E-state index is 0.806. The van der Waals surface area contributed by atoms with Crippen LogP contribution in [-0.4, -0.2) is 5.71 Å². The zero-order valence-corrected chi connectivity index (χ0v) is 17.0. The maximum Gasteiger partial charge on any atom is 0.0633 e. The molecule has 142 valence electrons. The van der Waals surface area contributed by atoms with Gasteiger partial charge in [0.25, 0.3) is 0 Å². The average molecular weight is 368 g/mol. The van der Waals surface area contributed by atoms with Crippen LogP contribution in [0.25, 0.3) is 11.3 Å². The lowest BCUT2D eigenvalue weighted by molar-refractivity contribution is 1.04. The second-order valence-corrected chi connectivity index (χ2v) is 7.15. The lowest BCUT2D eigenvalue weighted by Gasteiger charge is -2.10. The second kappa shape index (κ2) is 9.85. The number of rotatable bonds is 7. The van der Waals surface area contributed by atoms with Gasteiger partial charge in [-0.05, 0) is 72.6 Å². The van der Waals surface area contributed by atoms with Gasteiger partial charge in [0.1, 0.15) is 0 Å². The number of allylic oxidation sites excluding steroid dienone is 6. The Balaban J connectivity index is 1.79.